The second kappa shape index (κ2) is 1.76. The third kappa shape index (κ3) is 0.686. The van der Waals surface area contributed by atoms with Gasteiger partial charge in [0.1, 0.15) is 6.26 Å². The van der Waals surface area contributed by atoms with Gasteiger partial charge in [-0.25, -0.2) is 0 Å². The third-order valence-electron chi connectivity index (χ3n) is 1.56. The minimum Gasteiger partial charge on any atom is -0.367 e. The van der Waals surface area contributed by atoms with Crippen LogP contribution in [0.25, 0.3) is 0 Å². The number of rotatable bonds is 0. The van der Waals surface area contributed by atoms with E-state index < -0.39 is 0 Å². The van der Waals surface area contributed by atoms with E-state index >= 15 is 0 Å². The average molecular weight is 124 g/mol. The topological polar surface area (TPSA) is 38.1 Å². The van der Waals surface area contributed by atoms with Gasteiger partial charge in [0, 0.05) is 12.1 Å². The van der Waals surface area contributed by atoms with Crippen LogP contribution in [0.3, 0.4) is 0 Å². The highest BCUT2D eigenvalue weighted by molar-refractivity contribution is 5.43. The van der Waals surface area contributed by atoms with Crippen molar-refractivity contribution in [2.45, 2.75) is 12.8 Å². The van der Waals surface area contributed by atoms with Gasteiger partial charge < -0.3 is 9.84 Å². The van der Waals surface area contributed by atoms with Gasteiger partial charge in [0.15, 0.2) is 5.82 Å². The van der Waals surface area contributed by atoms with Gasteiger partial charge >= 0.3 is 0 Å². The number of hydrogen-bond acceptors (Lipinski definition) is 3. The zero-order valence-electron chi connectivity index (χ0n) is 5.05. The smallest absolute Gasteiger partial charge is 0.172 e. The standard InChI is InChI=1S/C6H8N2O/c1-2-5-4-9-8-6(5)7-3-1/h4H,1-3H2,(H,7,8). The summed E-state index contributed by atoms with van der Waals surface area (Å²) in [5.41, 5.74) is 1.21. The van der Waals surface area contributed by atoms with Crippen LogP contribution < -0.4 is 5.32 Å². The summed E-state index contributed by atoms with van der Waals surface area (Å²) < 4.78 is 4.75. The Labute approximate surface area is 53.0 Å². The number of nitrogens with one attached hydrogen (secondary N) is 1. The fourth-order valence-corrected chi connectivity index (χ4v) is 1.07. The maximum Gasteiger partial charge on any atom is 0.172 e. The van der Waals surface area contributed by atoms with Crippen LogP contribution in [0.1, 0.15) is 12.0 Å². The van der Waals surface area contributed by atoms with Crippen molar-refractivity contribution in [1.29, 1.82) is 0 Å². The minimum atomic E-state index is 0.932. The predicted molar refractivity (Wildman–Crippen MR) is 33.3 cm³/mol. The molecule has 0 amide bonds. The average Bonchev–Trinajstić information content (AvgIpc) is 2.33. The van der Waals surface area contributed by atoms with Crippen LogP contribution in [0.4, 0.5) is 5.82 Å². The maximum atomic E-state index is 4.75. The summed E-state index contributed by atoms with van der Waals surface area (Å²) in [5, 5.41) is 6.91. The summed E-state index contributed by atoms with van der Waals surface area (Å²) in [7, 11) is 0. The van der Waals surface area contributed by atoms with E-state index in [0.717, 1.165) is 18.8 Å². The van der Waals surface area contributed by atoms with E-state index in [4.69, 9.17) is 4.52 Å². The predicted octanol–water partition coefficient (Wildman–Crippen LogP) is 1.03. The van der Waals surface area contributed by atoms with Crippen LogP contribution in [0, 0.1) is 0 Å². The lowest BCUT2D eigenvalue weighted by Gasteiger charge is -2.08. The number of fused-ring (bicyclic) bond motifs is 1. The molecule has 0 aromatic carbocycles. The van der Waals surface area contributed by atoms with Crippen molar-refractivity contribution in [1.82, 2.24) is 5.16 Å². The molecule has 0 bridgehead atoms. The van der Waals surface area contributed by atoms with E-state index in [1.165, 1.54) is 12.0 Å². The fourth-order valence-electron chi connectivity index (χ4n) is 1.07. The maximum absolute atomic E-state index is 4.75. The Morgan fingerprint density at radius 3 is 3.56 bits per heavy atom. The van der Waals surface area contributed by atoms with Gasteiger partial charge in [0.05, 0.1) is 0 Å². The van der Waals surface area contributed by atoms with E-state index in [1.54, 1.807) is 6.26 Å². The Bertz CT molecular complexity index is 186. The molecule has 3 nitrogen and oxygen atoms in total. The molecule has 0 radical (unpaired) electrons. The first-order chi connectivity index (χ1) is 4.47. The molecule has 2 rings (SSSR count). The van der Waals surface area contributed by atoms with Crippen molar-refractivity contribution in [3.63, 3.8) is 0 Å². The summed E-state index contributed by atoms with van der Waals surface area (Å²) in [6, 6.07) is 0. The molecule has 0 fully saturated rings. The van der Waals surface area contributed by atoms with E-state index in [0.29, 0.717) is 0 Å². The highest BCUT2D eigenvalue weighted by Crippen LogP contribution is 2.18. The Hall–Kier alpha value is -0.990. The molecule has 1 aliphatic heterocycles. The molecule has 0 atom stereocenters. The van der Waals surface area contributed by atoms with Crippen LogP contribution in [0.15, 0.2) is 10.8 Å². The highest BCUT2D eigenvalue weighted by atomic mass is 16.5. The van der Waals surface area contributed by atoms with Crippen molar-refractivity contribution in [2.75, 3.05) is 11.9 Å². The number of nitrogens with zero attached hydrogens (tertiary/aromatic N) is 1. The monoisotopic (exact) mass is 124 g/mol. The Kier molecular flexibility index (Phi) is 0.946. The van der Waals surface area contributed by atoms with Gasteiger partial charge in [0.25, 0.3) is 0 Å². The van der Waals surface area contributed by atoms with Crippen molar-refractivity contribution in [2.24, 2.45) is 0 Å². The molecule has 1 aliphatic rings. The largest absolute Gasteiger partial charge is 0.367 e. The molecule has 48 valence electrons. The van der Waals surface area contributed by atoms with Crippen LogP contribution >= 0.6 is 0 Å². The molecule has 3 heteroatoms. The summed E-state index contributed by atoms with van der Waals surface area (Å²) >= 11 is 0. The highest BCUT2D eigenvalue weighted by Gasteiger charge is 2.10. The van der Waals surface area contributed by atoms with E-state index in [-0.39, 0.29) is 0 Å². The van der Waals surface area contributed by atoms with Gasteiger partial charge in [-0.1, -0.05) is 5.16 Å². The van der Waals surface area contributed by atoms with Gasteiger partial charge in [-0.05, 0) is 12.8 Å². The Balaban J connectivity index is 2.39. The van der Waals surface area contributed by atoms with Crippen LogP contribution in [-0.2, 0) is 6.42 Å². The zero-order chi connectivity index (χ0) is 6.10. The van der Waals surface area contributed by atoms with E-state index in [9.17, 15) is 0 Å². The Morgan fingerprint density at radius 1 is 1.67 bits per heavy atom. The third-order valence-corrected chi connectivity index (χ3v) is 1.56. The van der Waals surface area contributed by atoms with Crippen molar-refractivity contribution in [3.8, 4) is 0 Å². The normalized spacial score (nSPS) is 16.4. The lowest BCUT2D eigenvalue weighted by Crippen LogP contribution is -2.10. The fraction of sp³-hybridized carbons (Fsp3) is 0.500. The number of aromatic nitrogens is 1. The summed E-state index contributed by atoms with van der Waals surface area (Å²) in [5.74, 6) is 0.932. The second-order valence-electron chi connectivity index (χ2n) is 2.22. The van der Waals surface area contributed by atoms with Crippen LogP contribution in [0.5, 0.6) is 0 Å². The molecule has 0 saturated carbocycles. The Morgan fingerprint density at radius 2 is 2.67 bits per heavy atom. The van der Waals surface area contributed by atoms with Gasteiger partial charge in [-0.2, -0.15) is 0 Å². The van der Waals surface area contributed by atoms with Crippen molar-refractivity contribution >= 4 is 5.82 Å². The number of anilines is 1. The lowest BCUT2D eigenvalue weighted by atomic mass is 10.1. The van der Waals surface area contributed by atoms with Gasteiger partial charge in [-0.3, -0.25) is 0 Å². The summed E-state index contributed by atoms with van der Waals surface area (Å²) in [4.78, 5) is 0. The SMILES string of the molecule is c1onc2c1CCCN2. The van der Waals surface area contributed by atoms with Crippen molar-refractivity contribution < 1.29 is 4.52 Å². The molecule has 1 aromatic rings. The molecule has 0 aliphatic carbocycles. The molecule has 1 aromatic heterocycles. The molecule has 9 heavy (non-hydrogen) atoms. The second-order valence-corrected chi connectivity index (χ2v) is 2.22. The molecular weight excluding hydrogens is 116 g/mol. The minimum absolute atomic E-state index is 0.932. The molecule has 0 saturated heterocycles. The summed E-state index contributed by atoms with van der Waals surface area (Å²) in [6.07, 6.45) is 4.00. The van der Waals surface area contributed by atoms with Crippen LogP contribution in [-0.4, -0.2) is 11.7 Å². The molecule has 0 spiro atoms. The van der Waals surface area contributed by atoms with Crippen LogP contribution in [0.2, 0.25) is 0 Å². The van der Waals surface area contributed by atoms with E-state index in [2.05, 4.69) is 10.5 Å². The molecule has 2 heterocycles. The molecular formula is C6H8N2O. The lowest BCUT2D eigenvalue weighted by molar-refractivity contribution is 0.422. The number of hydrogen-bond donors (Lipinski definition) is 1. The molecule has 0 unspecified atom stereocenters. The number of aryl methyl sites for hydroxylation is 1. The summed E-state index contributed by atoms with van der Waals surface area (Å²) in [6.45, 7) is 1.03. The first-order valence-electron chi connectivity index (χ1n) is 3.14. The molecule has 1 N–H and O–H groups in total. The van der Waals surface area contributed by atoms with Gasteiger partial charge in [-0.15, -0.1) is 0 Å². The first kappa shape index (κ1) is 4.85. The van der Waals surface area contributed by atoms with E-state index in [1.807, 2.05) is 0 Å². The van der Waals surface area contributed by atoms with Crippen molar-refractivity contribution in [3.05, 3.63) is 11.8 Å². The first-order valence-corrected chi connectivity index (χ1v) is 3.14. The zero-order valence-corrected chi connectivity index (χ0v) is 5.05. The quantitative estimate of drug-likeness (QED) is 0.561. The van der Waals surface area contributed by atoms with Gasteiger partial charge in [0.2, 0.25) is 0 Å².